The van der Waals surface area contributed by atoms with Gasteiger partial charge in [-0.25, -0.2) is 4.79 Å². The van der Waals surface area contributed by atoms with E-state index in [1.807, 2.05) is 6.92 Å². The predicted octanol–water partition coefficient (Wildman–Crippen LogP) is 1.92. The molecule has 0 spiro atoms. The standard InChI is InChI=1S/C12H15N3O3S3/c1-3-18-11(17)6-10-15(9(16)7-20-10)4-5-19-12-14-13-8(2)21-12/h6H,3-5,7H2,1-2H3/b10-6+. The minimum absolute atomic E-state index is 0.0181. The summed E-state index contributed by atoms with van der Waals surface area (Å²) < 4.78 is 5.77. The molecule has 9 heteroatoms. The highest BCUT2D eigenvalue weighted by molar-refractivity contribution is 8.04. The monoisotopic (exact) mass is 345 g/mol. The zero-order chi connectivity index (χ0) is 15.2. The van der Waals surface area contributed by atoms with E-state index in [-0.39, 0.29) is 5.91 Å². The normalized spacial score (nSPS) is 16.8. The van der Waals surface area contributed by atoms with E-state index in [1.165, 1.54) is 29.2 Å². The first kappa shape index (κ1) is 16.3. The van der Waals surface area contributed by atoms with E-state index in [9.17, 15) is 9.59 Å². The molecule has 0 unspecified atom stereocenters. The molecular weight excluding hydrogens is 330 g/mol. The molecule has 1 aliphatic heterocycles. The Balaban J connectivity index is 1.89. The average Bonchev–Trinajstić information content (AvgIpc) is 2.99. The quantitative estimate of drug-likeness (QED) is 0.443. The van der Waals surface area contributed by atoms with E-state index in [0.29, 0.717) is 29.7 Å². The Morgan fingerprint density at radius 2 is 2.33 bits per heavy atom. The van der Waals surface area contributed by atoms with Crippen molar-refractivity contribution in [3.63, 3.8) is 0 Å². The lowest BCUT2D eigenvalue weighted by molar-refractivity contribution is -0.137. The lowest BCUT2D eigenvalue weighted by Gasteiger charge is -2.16. The van der Waals surface area contributed by atoms with Gasteiger partial charge in [-0.15, -0.1) is 10.2 Å². The van der Waals surface area contributed by atoms with Crippen LogP contribution in [0.15, 0.2) is 15.4 Å². The highest BCUT2D eigenvalue weighted by Crippen LogP contribution is 2.30. The zero-order valence-corrected chi connectivity index (χ0v) is 14.1. The van der Waals surface area contributed by atoms with Gasteiger partial charge in [0.1, 0.15) is 5.01 Å². The molecule has 0 saturated carbocycles. The summed E-state index contributed by atoms with van der Waals surface area (Å²) in [7, 11) is 0. The van der Waals surface area contributed by atoms with Crippen LogP contribution in [0, 0.1) is 6.92 Å². The molecule has 21 heavy (non-hydrogen) atoms. The van der Waals surface area contributed by atoms with Gasteiger partial charge in [-0.2, -0.15) is 0 Å². The van der Waals surface area contributed by atoms with Gasteiger partial charge in [-0.1, -0.05) is 34.9 Å². The topological polar surface area (TPSA) is 72.4 Å². The van der Waals surface area contributed by atoms with Crippen LogP contribution in [0.1, 0.15) is 11.9 Å². The Labute approximate surface area is 135 Å². The van der Waals surface area contributed by atoms with Crippen LogP contribution < -0.4 is 0 Å². The lowest BCUT2D eigenvalue weighted by atomic mass is 10.5. The van der Waals surface area contributed by atoms with Crippen molar-refractivity contribution in [3.8, 4) is 0 Å². The first-order valence-corrected chi connectivity index (χ1v) is 9.13. The molecule has 2 rings (SSSR count). The van der Waals surface area contributed by atoms with Crippen molar-refractivity contribution < 1.29 is 14.3 Å². The number of esters is 1. The fraction of sp³-hybridized carbons (Fsp3) is 0.500. The molecule has 0 bridgehead atoms. The van der Waals surface area contributed by atoms with Crippen LogP contribution in [0.25, 0.3) is 0 Å². The first-order valence-electron chi connectivity index (χ1n) is 6.34. The Hall–Kier alpha value is -1.06. The Morgan fingerprint density at radius 3 is 3.00 bits per heavy atom. The van der Waals surface area contributed by atoms with Crippen LogP contribution in [0.2, 0.25) is 0 Å². The summed E-state index contributed by atoms with van der Waals surface area (Å²) in [6, 6.07) is 0. The van der Waals surface area contributed by atoms with Crippen LogP contribution in [-0.4, -0.2) is 51.6 Å². The molecule has 2 heterocycles. The predicted molar refractivity (Wildman–Crippen MR) is 84.3 cm³/mol. The number of rotatable bonds is 6. The number of thioether (sulfide) groups is 2. The molecule has 1 amide bonds. The number of aromatic nitrogens is 2. The van der Waals surface area contributed by atoms with Crippen molar-refractivity contribution >= 4 is 46.7 Å². The SMILES string of the molecule is CCOC(=O)/C=C1/SCC(=O)N1CCSc1nnc(C)s1. The number of carbonyl (C=O) groups excluding carboxylic acids is 2. The number of nitrogens with zero attached hydrogens (tertiary/aromatic N) is 3. The van der Waals surface area contributed by atoms with Crippen molar-refractivity contribution in [2.24, 2.45) is 0 Å². The molecule has 0 atom stereocenters. The molecule has 1 aromatic heterocycles. The van der Waals surface area contributed by atoms with E-state index >= 15 is 0 Å². The summed E-state index contributed by atoms with van der Waals surface area (Å²) in [5.41, 5.74) is 0. The van der Waals surface area contributed by atoms with Gasteiger partial charge in [-0.3, -0.25) is 4.79 Å². The molecule has 0 radical (unpaired) electrons. The van der Waals surface area contributed by atoms with Crippen LogP contribution in [0.4, 0.5) is 0 Å². The van der Waals surface area contributed by atoms with Gasteiger partial charge in [0, 0.05) is 12.3 Å². The minimum atomic E-state index is -0.410. The highest BCUT2D eigenvalue weighted by atomic mass is 32.2. The first-order chi connectivity index (χ1) is 10.1. The van der Waals surface area contributed by atoms with E-state index in [1.54, 1.807) is 23.6 Å². The van der Waals surface area contributed by atoms with Crippen molar-refractivity contribution in [2.75, 3.05) is 24.7 Å². The summed E-state index contributed by atoms with van der Waals surface area (Å²) in [4.78, 5) is 25.0. The number of aryl methyl sites for hydroxylation is 1. The molecule has 0 aliphatic carbocycles. The van der Waals surface area contributed by atoms with E-state index in [4.69, 9.17) is 4.74 Å². The number of hydrogen-bond donors (Lipinski definition) is 0. The van der Waals surface area contributed by atoms with Crippen LogP contribution in [-0.2, 0) is 14.3 Å². The average molecular weight is 345 g/mol. The smallest absolute Gasteiger partial charge is 0.333 e. The maximum absolute atomic E-state index is 11.8. The third-order valence-electron chi connectivity index (χ3n) is 2.49. The summed E-state index contributed by atoms with van der Waals surface area (Å²) >= 11 is 4.46. The summed E-state index contributed by atoms with van der Waals surface area (Å²) in [6.45, 7) is 4.53. The van der Waals surface area contributed by atoms with Gasteiger partial charge in [0.15, 0.2) is 4.34 Å². The van der Waals surface area contributed by atoms with Gasteiger partial charge in [0.25, 0.3) is 0 Å². The zero-order valence-electron chi connectivity index (χ0n) is 11.7. The van der Waals surface area contributed by atoms with Crippen LogP contribution in [0.3, 0.4) is 0 Å². The third-order valence-corrected chi connectivity index (χ3v) is 5.46. The van der Waals surface area contributed by atoms with E-state index in [0.717, 1.165) is 9.35 Å². The molecule has 114 valence electrons. The number of hydrogen-bond acceptors (Lipinski definition) is 8. The molecule has 1 fully saturated rings. The lowest BCUT2D eigenvalue weighted by Crippen LogP contribution is -2.27. The van der Waals surface area contributed by atoms with Gasteiger partial charge in [-0.05, 0) is 13.8 Å². The second kappa shape index (κ2) is 7.81. The molecule has 1 aromatic rings. The molecule has 6 nitrogen and oxygen atoms in total. The van der Waals surface area contributed by atoms with Gasteiger partial charge in [0.05, 0.1) is 23.5 Å². The third kappa shape index (κ3) is 4.72. The van der Waals surface area contributed by atoms with Crippen molar-refractivity contribution in [2.45, 2.75) is 18.2 Å². The van der Waals surface area contributed by atoms with Gasteiger partial charge >= 0.3 is 5.97 Å². The maximum atomic E-state index is 11.8. The van der Waals surface area contributed by atoms with Crippen LogP contribution in [0.5, 0.6) is 0 Å². The van der Waals surface area contributed by atoms with Gasteiger partial charge in [0.2, 0.25) is 5.91 Å². The molecular formula is C12H15N3O3S3. The number of amides is 1. The van der Waals surface area contributed by atoms with Crippen molar-refractivity contribution in [3.05, 3.63) is 16.1 Å². The summed E-state index contributed by atoms with van der Waals surface area (Å²) in [5, 5.41) is 9.56. The fourth-order valence-electron chi connectivity index (χ4n) is 1.61. The largest absolute Gasteiger partial charge is 0.463 e. The molecule has 1 aliphatic rings. The maximum Gasteiger partial charge on any atom is 0.333 e. The fourth-order valence-corrected chi connectivity index (χ4v) is 4.38. The Morgan fingerprint density at radius 1 is 1.52 bits per heavy atom. The molecule has 1 saturated heterocycles. The Kier molecular flexibility index (Phi) is 6.07. The van der Waals surface area contributed by atoms with Gasteiger partial charge < -0.3 is 9.64 Å². The highest BCUT2D eigenvalue weighted by Gasteiger charge is 2.27. The van der Waals surface area contributed by atoms with E-state index < -0.39 is 5.97 Å². The second-order valence-electron chi connectivity index (χ2n) is 4.00. The van der Waals surface area contributed by atoms with E-state index in [2.05, 4.69) is 10.2 Å². The molecule has 0 N–H and O–H groups in total. The summed E-state index contributed by atoms with van der Waals surface area (Å²) in [5.74, 6) is 0.686. The number of carbonyl (C=O) groups is 2. The van der Waals surface area contributed by atoms with Crippen molar-refractivity contribution in [1.29, 1.82) is 0 Å². The van der Waals surface area contributed by atoms with Crippen molar-refractivity contribution in [1.82, 2.24) is 15.1 Å². The Bertz CT molecular complexity index is 559. The summed E-state index contributed by atoms with van der Waals surface area (Å²) in [6.07, 6.45) is 1.39. The van der Waals surface area contributed by atoms with Crippen LogP contribution >= 0.6 is 34.9 Å². The molecule has 0 aromatic carbocycles. The second-order valence-corrected chi connectivity index (χ2v) is 7.52. The number of ether oxygens (including phenoxy) is 1. The minimum Gasteiger partial charge on any atom is -0.463 e.